The number of hydrogen-bond acceptors (Lipinski definition) is 6. The van der Waals surface area contributed by atoms with E-state index in [4.69, 9.17) is 9.47 Å². The van der Waals surface area contributed by atoms with Gasteiger partial charge in [0.2, 0.25) is 0 Å². The summed E-state index contributed by atoms with van der Waals surface area (Å²) in [6.07, 6.45) is 12.7. The number of aliphatic hydroxyl groups is 1. The number of cyclic esters (lactones) is 1. The molecule has 0 bridgehead atoms. The van der Waals surface area contributed by atoms with Gasteiger partial charge in [0.1, 0.15) is 6.10 Å². The standard InChI is InChI=1S/C22H27NO5/c1-15-6-3-2-4-7-16-12-18(24)13-19(16)20(9-10-21(25)27-15)28-22(26)17-8-5-11-23-14-17/h4-5,7-11,14-16,18-20,24H,2-3,6,12-13H2,1H3/b7-4+,10-9+/t15-,16+,18-,19+,20+/m0/s1. The Morgan fingerprint density at radius 2 is 2.18 bits per heavy atom. The zero-order chi connectivity index (χ0) is 19.9. The van der Waals surface area contributed by atoms with Crippen molar-refractivity contribution >= 4 is 11.9 Å². The van der Waals surface area contributed by atoms with Crippen LogP contribution in [-0.2, 0) is 14.3 Å². The van der Waals surface area contributed by atoms with Crippen LogP contribution in [0.15, 0.2) is 48.8 Å². The number of aromatic nitrogens is 1. The van der Waals surface area contributed by atoms with Gasteiger partial charge in [-0.05, 0) is 63.2 Å². The average molecular weight is 385 g/mol. The molecule has 0 unspecified atom stereocenters. The predicted octanol–water partition coefficient (Wildman–Crippen LogP) is 3.22. The molecule has 28 heavy (non-hydrogen) atoms. The maximum atomic E-state index is 12.6. The summed E-state index contributed by atoms with van der Waals surface area (Å²) in [5, 5.41) is 10.2. The third-order valence-corrected chi connectivity index (χ3v) is 5.30. The second-order valence-corrected chi connectivity index (χ2v) is 7.53. The molecule has 150 valence electrons. The largest absolute Gasteiger partial charge is 0.460 e. The molecule has 0 amide bonds. The number of allylic oxidation sites excluding steroid dienone is 2. The van der Waals surface area contributed by atoms with E-state index in [1.165, 1.54) is 12.3 Å². The molecular weight excluding hydrogens is 358 g/mol. The van der Waals surface area contributed by atoms with Crippen molar-refractivity contribution < 1.29 is 24.2 Å². The molecule has 1 aromatic rings. The van der Waals surface area contributed by atoms with Gasteiger partial charge in [-0.1, -0.05) is 12.2 Å². The smallest absolute Gasteiger partial charge is 0.340 e. The average Bonchev–Trinajstić information content (AvgIpc) is 3.05. The lowest BCUT2D eigenvalue weighted by atomic mass is 9.89. The molecule has 0 aromatic carbocycles. The number of aliphatic hydroxyl groups excluding tert-OH is 1. The van der Waals surface area contributed by atoms with Crippen LogP contribution in [0.25, 0.3) is 0 Å². The van der Waals surface area contributed by atoms with Crippen LogP contribution in [-0.4, -0.2) is 40.3 Å². The van der Waals surface area contributed by atoms with Gasteiger partial charge < -0.3 is 14.6 Å². The number of nitrogens with zero attached hydrogens (tertiary/aromatic N) is 1. The molecule has 1 aliphatic heterocycles. The molecule has 2 aliphatic rings. The van der Waals surface area contributed by atoms with Crippen molar-refractivity contribution in [1.82, 2.24) is 4.98 Å². The van der Waals surface area contributed by atoms with Crippen LogP contribution < -0.4 is 0 Å². The Kier molecular flexibility index (Phi) is 6.98. The van der Waals surface area contributed by atoms with E-state index >= 15 is 0 Å². The number of carbonyl (C=O) groups excluding carboxylic acids is 2. The van der Waals surface area contributed by atoms with Crippen LogP contribution in [0.5, 0.6) is 0 Å². The van der Waals surface area contributed by atoms with Crippen LogP contribution in [0.4, 0.5) is 0 Å². The van der Waals surface area contributed by atoms with Gasteiger partial charge >= 0.3 is 11.9 Å². The lowest BCUT2D eigenvalue weighted by Crippen LogP contribution is -2.28. The number of fused-ring (bicyclic) bond motifs is 1. The van der Waals surface area contributed by atoms with Crippen molar-refractivity contribution in [1.29, 1.82) is 0 Å². The second-order valence-electron chi connectivity index (χ2n) is 7.53. The maximum Gasteiger partial charge on any atom is 0.340 e. The number of esters is 2. The fraction of sp³-hybridized carbons (Fsp3) is 0.500. The Morgan fingerprint density at radius 3 is 2.96 bits per heavy atom. The predicted molar refractivity (Wildman–Crippen MR) is 103 cm³/mol. The highest BCUT2D eigenvalue weighted by Crippen LogP contribution is 2.37. The molecule has 1 saturated carbocycles. The van der Waals surface area contributed by atoms with Crippen LogP contribution in [0, 0.1) is 11.8 Å². The summed E-state index contributed by atoms with van der Waals surface area (Å²) >= 11 is 0. The Hall–Kier alpha value is -2.47. The van der Waals surface area contributed by atoms with E-state index in [0.717, 1.165) is 19.3 Å². The molecule has 6 nitrogen and oxygen atoms in total. The molecule has 0 radical (unpaired) electrons. The van der Waals surface area contributed by atoms with E-state index in [-0.39, 0.29) is 17.9 Å². The zero-order valence-electron chi connectivity index (χ0n) is 16.1. The van der Waals surface area contributed by atoms with E-state index in [2.05, 4.69) is 17.1 Å². The maximum absolute atomic E-state index is 12.6. The quantitative estimate of drug-likeness (QED) is 0.621. The molecule has 0 saturated heterocycles. The van der Waals surface area contributed by atoms with Crippen molar-refractivity contribution in [3.05, 3.63) is 54.4 Å². The lowest BCUT2D eigenvalue weighted by molar-refractivity contribution is -0.142. The fourth-order valence-corrected chi connectivity index (χ4v) is 3.88. The van der Waals surface area contributed by atoms with Crippen LogP contribution in [0.3, 0.4) is 0 Å². The van der Waals surface area contributed by atoms with Gasteiger partial charge in [0.15, 0.2) is 0 Å². The van der Waals surface area contributed by atoms with E-state index in [1.54, 1.807) is 24.4 Å². The van der Waals surface area contributed by atoms with Crippen molar-refractivity contribution in [3.63, 3.8) is 0 Å². The van der Waals surface area contributed by atoms with E-state index < -0.39 is 24.1 Å². The summed E-state index contributed by atoms with van der Waals surface area (Å²) in [5.41, 5.74) is 0.348. The number of pyridine rings is 1. The van der Waals surface area contributed by atoms with Crippen LogP contribution in [0.2, 0.25) is 0 Å². The zero-order valence-corrected chi connectivity index (χ0v) is 16.1. The molecule has 2 heterocycles. The first-order valence-electron chi connectivity index (χ1n) is 9.87. The summed E-state index contributed by atoms with van der Waals surface area (Å²) in [4.78, 5) is 28.6. The number of carbonyl (C=O) groups is 2. The normalized spacial score (nSPS) is 33.4. The van der Waals surface area contributed by atoms with Crippen molar-refractivity contribution in [2.45, 2.75) is 57.3 Å². The van der Waals surface area contributed by atoms with E-state index in [9.17, 15) is 14.7 Å². The minimum atomic E-state index is -0.636. The topological polar surface area (TPSA) is 85.7 Å². The number of hydrogen-bond donors (Lipinski definition) is 1. The Morgan fingerprint density at radius 1 is 1.32 bits per heavy atom. The van der Waals surface area contributed by atoms with Crippen LogP contribution >= 0.6 is 0 Å². The minimum absolute atomic E-state index is 0.0838. The van der Waals surface area contributed by atoms with Gasteiger partial charge in [-0.15, -0.1) is 0 Å². The van der Waals surface area contributed by atoms with Crippen LogP contribution in [0.1, 0.15) is 49.4 Å². The van der Waals surface area contributed by atoms with Gasteiger partial charge in [-0.3, -0.25) is 4.98 Å². The van der Waals surface area contributed by atoms with E-state index in [1.807, 2.05) is 6.92 Å². The monoisotopic (exact) mass is 385 g/mol. The SMILES string of the molecule is C[C@H]1CCC/C=C/[C@@H]2C[C@H](O)C[C@H]2[C@H](OC(=O)c2cccnc2)/C=C/C(=O)O1. The molecule has 1 aromatic heterocycles. The van der Waals surface area contributed by atoms with Crippen molar-refractivity contribution in [2.75, 3.05) is 0 Å². The van der Waals surface area contributed by atoms with Gasteiger partial charge in [0.05, 0.1) is 17.8 Å². The summed E-state index contributed by atoms with van der Waals surface area (Å²) in [6, 6.07) is 3.30. The van der Waals surface area contributed by atoms with E-state index in [0.29, 0.717) is 18.4 Å². The van der Waals surface area contributed by atoms with Gasteiger partial charge in [0, 0.05) is 24.4 Å². The number of rotatable bonds is 2. The third-order valence-electron chi connectivity index (χ3n) is 5.30. The summed E-state index contributed by atoms with van der Waals surface area (Å²) in [5.74, 6) is -0.968. The first kappa shape index (κ1) is 20.3. The third kappa shape index (κ3) is 5.52. The first-order valence-corrected chi connectivity index (χ1v) is 9.87. The van der Waals surface area contributed by atoms with Crippen molar-refractivity contribution in [2.24, 2.45) is 11.8 Å². The molecule has 5 atom stereocenters. The van der Waals surface area contributed by atoms with Gasteiger partial charge in [-0.2, -0.15) is 0 Å². The second kappa shape index (κ2) is 9.64. The summed E-state index contributed by atoms with van der Waals surface area (Å²) < 4.78 is 11.1. The summed E-state index contributed by atoms with van der Waals surface area (Å²) in [6.45, 7) is 1.88. The molecule has 6 heteroatoms. The number of ether oxygens (including phenoxy) is 2. The Bertz CT molecular complexity index is 730. The lowest BCUT2D eigenvalue weighted by Gasteiger charge is -2.24. The molecule has 3 rings (SSSR count). The summed E-state index contributed by atoms with van der Waals surface area (Å²) in [7, 11) is 0. The highest BCUT2D eigenvalue weighted by atomic mass is 16.5. The first-order chi connectivity index (χ1) is 13.5. The van der Waals surface area contributed by atoms with Gasteiger partial charge in [0.25, 0.3) is 0 Å². The fourth-order valence-electron chi connectivity index (χ4n) is 3.88. The molecule has 0 spiro atoms. The van der Waals surface area contributed by atoms with Gasteiger partial charge in [-0.25, -0.2) is 9.59 Å². The molecule has 1 N–H and O–H groups in total. The molecular formula is C22H27NO5. The molecule has 1 fully saturated rings. The molecule has 1 aliphatic carbocycles. The minimum Gasteiger partial charge on any atom is -0.460 e. The Balaban J connectivity index is 1.84. The Labute approximate surface area is 165 Å². The highest BCUT2D eigenvalue weighted by Gasteiger charge is 2.38. The van der Waals surface area contributed by atoms with Crippen molar-refractivity contribution in [3.8, 4) is 0 Å². The highest BCUT2D eigenvalue weighted by molar-refractivity contribution is 5.89.